The number of hydrogen-bond acceptors (Lipinski definition) is 4. The predicted molar refractivity (Wildman–Crippen MR) is 87.2 cm³/mol. The van der Waals surface area contributed by atoms with E-state index >= 15 is 0 Å². The fourth-order valence-electron chi connectivity index (χ4n) is 3.84. The molecule has 0 radical (unpaired) electrons. The molecule has 22 heavy (non-hydrogen) atoms. The first-order valence-electron chi connectivity index (χ1n) is 8.23. The third-order valence-electron chi connectivity index (χ3n) is 4.94. The molecule has 3 unspecified atom stereocenters. The van der Waals surface area contributed by atoms with Gasteiger partial charge in [0.25, 0.3) is 0 Å². The number of aryl methyl sites for hydroxylation is 1. The van der Waals surface area contributed by atoms with Crippen molar-refractivity contribution in [1.82, 2.24) is 0 Å². The Balaban J connectivity index is 1.75. The number of thiophene rings is 1. The molecule has 2 aliphatic rings. The Morgan fingerprint density at radius 1 is 1.32 bits per heavy atom. The summed E-state index contributed by atoms with van der Waals surface area (Å²) in [4.78, 5) is 25.7. The molecule has 1 amide bonds. The van der Waals surface area contributed by atoms with E-state index in [1.54, 1.807) is 6.92 Å². The van der Waals surface area contributed by atoms with Gasteiger partial charge in [-0.05, 0) is 50.5 Å². The van der Waals surface area contributed by atoms with E-state index in [2.05, 4.69) is 5.32 Å². The molecule has 2 saturated carbocycles. The van der Waals surface area contributed by atoms with Gasteiger partial charge in [0, 0.05) is 10.8 Å². The maximum atomic E-state index is 12.6. The maximum Gasteiger partial charge on any atom is 0.341 e. The number of anilines is 1. The molecule has 3 atom stereocenters. The Hall–Kier alpha value is -1.36. The molecule has 1 heterocycles. The summed E-state index contributed by atoms with van der Waals surface area (Å²) in [5.41, 5.74) is 0.500. The van der Waals surface area contributed by atoms with Crippen molar-refractivity contribution in [3.8, 4) is 0 Å². The van der Waals surface area contributed by atoms with Gasteiger partial charge in [-0.2, -0.15) is 0 Å². The lowest BCUT2D eigenvalue weighted by atomic mass is 9.88. The first kappa shape index (κ1) is 15.5. The molecule has 2 fully saturated rings. The molecule has 0 aliphatic heterocycles. The topological polar surface area (TPSA) is 55.4 Å². The van der Waals surface area contributed by atoms with Crippen LogP contribution in [0, 0.1) is 17.8 Å². The van der Waals surface area contributed by atoms with Crippen LogP contribution in [0.15, 0.2) is 6.07 Å². The summed E-state index contributed by atoms with van der Waals surface area (Å²) < 4.78 is 5.10. The number of esters is 1. The van der Waals surface area contributed by atoms with Crippen LogP contribution >= 0.6 is 11.3 Å². The van der Waals surface area contributed by atoms with E-state index in [9.17, 15) is 9.59 Å². The van der Waals surface area contributed by atoms with E-state index < -0.39 is 0 Å². The molecule has 2 aliphatic carbocycles. The number of amides is 1. The van der Waals surface area contributed by atoms with E-state index in [1.165, 1.54) is 30.6 Å². The average molecular weight is 321 g/mol. The predicted octanol–water partition coefficient (Wildman–Crippen LogP) is 3.86. The van der Waals surface area contributed by atoms with Gasteiger partial charge >= 0.3 is 5.97 Å². The second-order valence-corrected chi connectivity index (χ2v) is 7.44. The molecule has 2 bridgehead atoms. The summed E-state index contributed by atoms with van der Waals surface area (Å²) in [7, 11) is 0. The van der Waals surface area contributed by atoms with Gasteiger partial charge in [-0.1, -0.05) is 13.3 Å². The Morgan fingerprint density at radius 3 is 2.73 bits per heavy atom. The standard InChI is InChI=1S/C17H23NO3S/c1-3-12-9-14(17(20)21-4-2)16(22-12)18-15(19)13-8-10-5-6-11(13)7-10/h9-11,13H,3-8H2,1-2H3,(H,18,19). The van der Waals surface area contributed by atoms with Crippen LogP contribution in [-0.4, -0.2) is 18.5 Å². The largest absolute Gasteiger partial charge is 0.462 e. The third-order valence-corrected chi connectivity index (χ3v) is 6.13. The summed E-state index contributed by atoms with van der Waals surface area (Å²) in [6, 6.07) is 1.85. The highest BCUT2D eigenvalue weighted by Crippen LogP contribution is 2.48. The minimum absolute atomic E-state index is 0.0854. The van der Waals surface area contributed by atoms with Gasteiger partial charge in [-0.3, -0.25) is 4.79 Å². The molecule has 0 spiro atoms. The van der Waals surface area contributed by atoms with Crippen molar-refractivity contribution in [2.45, 2.75) is 46.0 Å². The number of rotatable bonds is 5. The molecule has 4 nitrogen and oxygen atoms in total. The Morgan fingerprint density at radius 2 is 2.14 bits per heavy atom. The number of carbonyl (C=O) groups excluding carboxylic acids is 2. The molecule has 120 valence electrons. The second-order valence-electron chi connectivity index (χ2n) is 6.30. The molecule has 1 aromatic heterocycles. The summed E-state index contributed by atoms with van der Waals surface area (Å²) in [6.07, 6.45) is 5.52. The minimum Gasteiger partial charge on any atom is -0.462 e. The molecule has 1 N–H and O–H groups in total. The molecule has 5 heteroatoms. The second kappa shape index (κ2) is 6.41. The van der Waals surface area contributed by atoms with Crippen LogP contribution in [0.25, 0.3) is 0 Å². The fourth-order valence-corrected chi connectivity index (χ4v) is 4.83. The smallest absolute Gasteiger partial charge is 0.341 e. The lowest BCUT2D eigenvalue weighted by molar-refractivity contribution is -0.121. The first-order chi connectivity index (χ1) is 10.6. The van der Waals surface area contributed by atoms with Crippen LogP contribution in [0.2, 0.25) is 0 Å². The zero-order chi connectivity index (χ0) is 15.7. The van der Waals surface area contributed by atoms with Crippen molar-refractivity contribution in [2.75, 3.05) is 11.9 Å². The molecular weight excluding hydrogens is 298 g/mol. The summed E-state index contributed by atoms with van der Waals surface area (Å²) in [5, 5.41) is 3.67. The van der Waals surface area contributed by atoms with Crippen LogP contribution in [0.5, 0.6) is 0 Å². The highest BCUT2D eigenvalue weighted by atomic mass is 32.1. The van der Waals surface area contributed by atoms with Gasteiger partial charge in [0.05, 0.1) is 12.2 Å². The van der Waals surface area contributed by atoms with Crippen LogP contribution in [0.3, 0.4) is 0 Å². The number of hydrogen-bond donors (Lipinski definition) is 1. The molecule has 0 aromatic carbocycles. The van der Waals surface area contributed by atoms with Gasteiger partial charge in [0.15, 0.2) is 0 Å². The monoisotopic (exact) mass is 321 g/mol. The molecule has 1 aromatic rings. The number of carbonyl (C=O) groups is 2. The van der Waals surface area contributed by atoms with Crippen LogP contribution in [0.4, 0.5) is 5.00 Å². The van der Waals surface area contributed by atoms with Crippen molar-refractivity contribution in [2.24, 2.45) is 17.8 Å². The van der Waals surface area contributed by atoms with Crippen LogP contribution in [0.1, 0.15) is 54.8 Å². The first-order valence-corrected chi connectivity index (χ1v) is 9.04. The van der Waals surface area contributed by atoms with Crippen molar-refractivity contribution in [3.63, 3.8) is 0 Å². The Kier molecular flexibility index (Phi) is 4.52. The highest BCUT2D eigenvalue weighted by molar-refractivity contribution is 7.16. The number of fused-ring (bicyclic) bond motifs is 2. The van der Waals surface area contributed by atoms with Crippen molar-refractivity contribution < 1.29 is 14.3 Å². The van der Waals surface area contributed by atoms with Gasteiger partial charge in [0.1, 0.15) is 5.00 Å². The fraction of sp³-hybridized carbons (Fsp3) is 0.647. The van der Waals surface area contributed by atoms with Crippen LogP contribution < -0.4 is 5.32 Å². The highest BCUT2D eigenvalue weighted by Gasteiger charge is 2.43. The normalized spacial score (nSPS) is 26.2. The van der Waals surface area contributed by atoms with E-state index in [4.69, 9.17) is 4.74 Å². The van der Waals surface area contributed by atoms with Gasteiger partial charge in [-0.15, -0.1) is 11.3 Å². The molecule has 0 saturated heterocycles. The zero-order valence-electron chi connectivity index (χ0n) is 13.2. The average Bonchev–Trinajstić information content (AvgIpc) is 3.22. The van der Waals surface area contributed by atoms with Crippen molar-refractivity contribution in [3.05, 3.63) is 16.5 Å². The van der Waals surface area contributed by atoms with Gasteiger partial charge < -0.3 is 10.1 Å². The lowest BCUT2D eigenvalue weighted by Gasteiger charge is -2.20. The van der Waals surface area contributed by atoms with Gasteiger partial charge in [0.2, 0.25) is 5.91 Å². The van der Waals surface area contributed by atoms with E-state index in [0.717, 1.165) is 23.6 Å². The van der Waals surface area contributed by atoms with Gasteiger partial charge in [-0.25, -0.2) is 4.79 Å². The lowest BCUT2D eigenvalue weighted by Crippen LogP contribution is -2.27. The molecular formula is C17H23NO3S. The van der Waals surface area contributed by atoms with Crippen LogP contribution in [-0.2, 0) is 16.0 Å². The van der Waals surface area contributed by atoms with Crippen molar-refractivity contribution in [1.29, 1.82) is 0 Å². The number of nitrogens with one attached hydrogen (secondary N) is 1. The minimum atomic E-state index is -0.346. The van der Waals surface area contributed by atoms with E-state index in [0.29, 0.717) is 23.1 Å². The van der Waals surface area contributed by atoms with E-state index in [-0.39, 0.29) is 17.8 Å². The summed E-state index contributed by atoms with van der Waals surface area (Å²) in [5.74, 6) is 1.14. The SMILES string of the molecule is CCOC(=O)c1cc(CC)sc1NC(=O)C1CC2CCC1C2. The quantitative estimate of drug-likeness (QED) is 0.838. The Labute approximate surface area is 135 Å². The van der Waals surface area contributed by atoms with E-state index in [1.807, 2.05) is 13.0 Å². The zero-order valence-corrected chi connectivity index (χ0v) is 14.0. The summed E-state index contributed by atoms with van der Waals surface area (Å²) in [6.45, 7) is 4.18. The Bertz CT molecular complexity index is 580. The summed E-state index contributed by atoms with van der Waals surface area (Å²) >= 11 is 1.49. The van der Waals surface area contributed by atoms with Crippen molar-refractivity contribution >= 4 is 28.2 Å². The maximum absolute atomic E-state index is 12.6. The number of ether oxygens (including phenoxy) is 1. The third kappa shape index (κ3) is 2.91. The molecule has 3 rings (SSSR count).